The monoisotopic (exact) mass is 513 g/mol. The van der Waals surface area contributed by atoms with E-state index in [9.17, 15) is 4.79 Å². The van der Waals surface area contributed by atoms with Gasteiger partial charge in [-0.3, -0.25) is 9.36 Å². The second-order valence-corrected chi connectivity index (χ2v) is 9.00. The highest BCUT2D eigenvalue weighted by Crippen LogP contribution is 2.35. The fourth-order valence-electron chi connectivity index (χ4n) is 3.36. The fraction of sp³-hybridized carbons (Fsp3) is 0.125. The Morgan fingerprint density at radius 3 is 2.65 bits per heavy atom. The van der Waals surface area contributed by atoms with Gasteiger partial charge in [-0.1, -0.05) is 53.2 Å². The van der Waals surface area contributed by atoms with E-state index in [2.05, 4.69) is 10.2 Å². The molecule has 34 heavy (non-hydrogen) atoms. The first-order valence-electron chi connectivity index (χ1n) is 10.2. The molecule has 0 spiro atoms. The molecule has 0 atom stereocenters. The van der Waals surface area contributed by atoms with Gasteiger partial charge in [0.1, 0.15) is 12.4 Å². The first kappa shape index (κ1) is 22.6. The van der Waals surface area contributed by atoms with Gasteiger partial charge in [-0.05, 0) is 42.5 Å². The molecule has 3 aromatic carbocycles. The molecule has 7 nitrogen and oxygen atoms in total. The fourth-order valence-corrected chi connectivity index (χ4v) is 4.73. The van der Waals surface area contributed by atoms with Gasteiger partial charge in [-0.25, -0.2) is 0 Å². The Kier molecular flexibility index (Phi) is 6.62. The lowest BCUT2D eigenvalue weighted by Gasteiger charge is -2.11. The third kappa shape index (κ3) is 4.84. The van der Waals surface area contributed by atoms with Gasteiger partial charge in [-0.15, -0.1) is 10.2 Å². The molecule has 0 aliphatic carbocycles. The Morgan fingerprint density at radius 1 is 1.00 bits per heavy atom. The minimum absolute atomic E-state index is 0.132. The molecule has 1 aromatic heterocycles. The molecule has 0 N–H and O–H groups in total. The standard InChI is InChI=1S/C24H17Cl2N3O4S/c25-15-6-8-18(19(26)10-15)20(30)13-34-24-28-27-23(29(24)16-4-2-1-3-5-16)12-31-17-7-9-21-22(11-17)33-14-32-21/h1-11H,12-14H2. The van der Waals surface area contributed by atoms with E-state index < -0.39 is 0 Å². The zero-order valence-electron chi connectivity index (χ0n) is 17.6. The van der Waals surface area contributed by atoms with E-state index >= 15 is 0 Å². The summed E-state index contributed by atoms with van der Waals surface area (Å²) in [4.78, 5) is 12.8. The number of para-hydroxylation sites is 1. The molecule has 0 radical (unpaired) electrons. The molecule has 1 aliphatic heterocycles. The molecule has 172 valence electrons. The number of ketones is 1. The summed E-state index contributed by atoms with van der Waals surface area (Å²) < 4.78 is 18.6. The van der Waals surface area contributed by atoms with Crippen LogP contribution < -0.4 is 14.2 Å². The van der Waals surface area contributed by atoms with Gasteiger partial charge in [-0.2, -0.15) is 0 Å². The average molecular weight is 514 g/mol. The summed E-state index contributed by atoms with van der Waals surface area (Å²) in [6, 6.07) is 19.9. The van der Waals surface area contributed by atoms with Gasteiger partial charge in [0, 0.05) is 22.3 Å². The van der Waals surface area contributed by atoms with Gasteiger partial charge in [0.2, 0.25) is 6.79 Å². The number of halogens is 2. The molecular formula is C24H17Cl2N3O4S. The average Bonchev–Trinajstić information content (AvgIpc) is 3.48. The van der Waals surface area contributed by atoms with Gasteiger partial charge in [0.15, 0.2) is 28.3 Å². The highest BCUT2D eigenvalue weighted by atomic mass is 35.5. The van der Waals surface area contributed by atoms with Crippen molar-refractivity contribution in [1.82, 2.24) is 14.8 Å². The number of aromatic nitrogens is 3. The first-order valence-corrected chi connectivity index (χ1v) is 12.0. The van der Waals surface area contributed by atoms with Crippen molar-refractivity contribution in [2.75, 3.05) is 12.5 Å². The van der Waals surface area contributed by atoms with E-state index in [1.807, 2.05) is 34.9 Å². The van der Waals surface area contributed by atoms with Crippen LogP contribution in [0.25, 0.3) is 5.69 Å². The molecule has 2 heterocycles. The normalized spacial score (nSPS) is 12.1. The molecule has 0 amide bonds. The smallest absolute Gasteiger partial charge is 0.231 e. The second-order valence-electron chi connectivity index (χ2n) is 7.21. The molecule has 0 bridgehead atoms. The third-order valence-electron chi connectivity index (χ3n) is 4.99. The molecule has 10 heteroatoms. The van der Waals surface area contributed by atoms with E-state index in [0.717, 1.165) is 5.69 Å². The topological polar surface area (TPSA) is 75.5 Å². The van der Waals surface area contributed by atoms with Crippen LogP contribution in [0.5, 0.6) is 17.2 Å². The van der Waals surface area contributed by atoms with Gasteiger partial charge in [0.25, 0.3) is 0 Å². The molecule has 5 rings (SSSR count). The lowest BCUT2D eigenvalue weighted by molar-refractivity contribution is 0.102. The number of carbonyl (C=O) groups is 1. The number of benzene rings is 3. The van der Waals surface area contributed by atoms with Crippen molar-refractivity contribution < 1.29 is 19.0 Å². The lowest BCUT2D eigenvalue weighted by atomic mass is 10.1. The summed E-state index contributed by atoms with van der Waals surface area (Å²) in [5, 5.41) is 9.99. The number of rotatable bonds is 8. The maximum atomic E-state index is 12.8. The Hall–Kier alpha value is -3.20. The van der Waals surface area contributed by atoms with Crippen molar-refractivity contribution in [3.63, 3.8) is 0 Å². The highest BCUT2D eigenvalue weighted by Gasteiger charge is 2.19. The van der Waals surface area contributed by atoms with E-state index in [0.29, 0.717) is 43.8 Å². The van der Waals surface area contributed by atoms with Crippen LogP contribution in [0, 0.1) is 0 Å². The summed E-state index contributed by atoms with van der Waals surface area (Å²) in [7, 11) is 0. The van der Waals surface area contributed by atoms with Crippen molar-refractivity contribution in [3.05, 3.63) is 88.2 Å². The highest BCUT2D eigenvalue weighted by molar-refractivity contribution is 7.99. The van der Waals surface area contributed by atoms with Crippen LogP contribution >= 0.6 is 35.0 Å². The number of hydrogen-bond donors (Lipinski definition) is 0. The van der Waals surface area contributed by atoms with Crippen molar-refractivity contribution in [3.8, 4) is 22.9 Å². The molecule has 4 aromatic rings. The Bertz CT molecular complexity index is 1350. The minimum Gasteiger partial charge on any atom is -0.485 e. The molecule has 0 unspecified atom stereocenters. The molecule has 0 fully saturated rings. The van der Waals surface area contributed by atoms with E-state index in [-0.39, 0.29) is 24.9 Å². The Labute approximate surface area is 209 Å². The van der Waals surface area contributed by atoms with Crippen LogP contribution in [-0.4, -0.2) is 33.1 Å². The summed E-state index contributed by atoms with van der Waals surface area (Å²) >= 11 is 13.4. The zero-order valence-corrected chi connectivity index (χ0v) is 19.9. The van der Waals surface area contributed by atoms with Crippen LogP contribution in [0.4, 0.5) is 0 Å². The minimum atomic E-state index is -0.132. The first-order chi connectivity index (χ1) is 16.6. The van der Waals surface area contributed by atoms with Crippen molar-refractivity contribution >= 4 is 40.7 Å². The van der Waals surface area contributed by atoms with E-state index in [4.69, 9.17) is 37.4 Å². The molecule has 0 saturated heterocycles. The summed E-state index contributed by atoms with van der Waals surface area (Å²) in [5.74, 6) is 2.53. The maximum absolute atomic E-state index is 12.8. The second kappa shape index (κ2) is 9.97. The number of ether oxygens (including phenoxy) is 3. The quantitative estimate of drug-likeness (QED) is 0.216. The van der Waals surface area contributed by atoms with Crippen LogP contribution in [-0.2, 0) is 6.61 Å². The number of Topliss-reactive ketones (excluding diaryl/α,β-unsaturated/α-hetero) is 1. The van der Waals surface area contributed by atoms with Crippen LogP contribution in [0.3, 0.4) is 0 Å². The van der Waals surface area contributed by atoms with Gasteiger partial charge >= 0.3 is 0 Å². The predicted molar refractivity (Wildman–Crippen MR) is 130 cm³/mol. The third-order valence-corrected chi connectivity index (χ3v) is 6.47. The number of carbonyl (C=O) groups excluding carboxylic acids is 1. The number of thioether (sulfide) groups is 1. The van der Waals surface area contributed by atoms with Crippen molar-refractivity contribution in [2.45, 2.75) is 11.8 Å². The van der Waals surface area contributed by atoms with Gasteiger partial charge in [0.05, 0.1) is 10.8 Å². The summed E-state index contributed by atoms with van der Waals surface area (Å²) in [6.07, 6.45) is 0. The Morgan fingerprint density at radius 2 is 1.82 bits per heavy atom. The molecule has 0 saturated carbocycles. The number of nitrogens with zero attached hydrogens (tertiary/aromatic N) is 3. The predicted octanol–water partition coefficient (Wildman–Crippen LogP) is 5.86. The summed E-state index contributed by atoms with van der Waals surface area (Å²) in [6.45, 7) is 0.362. The van der Waals surface area contributed by atoms with E-state index in [1.54, 1.807) is 36.4 Å². The largest absolute Gasteiger partial charge is 0.485 e. The zero-order chi connectivity index (χ0) is 23.5. The van der Waals surface area contributed by atoms with Crippen molar-refractivity contribution in [2.24, 2.45) is 0 Å². The number of fused-ring (bicyclic) bond motifs is 1. The van der Waals surface area contributed by atoms with Crippen LogP contribution in [0.1, 0.15) is 16.2 Å². The van der Waals surface area contributed by atoms with Gasteiger partial charge < -0.3 is 14.2 Å². The maximum Gasteiger partial charge on any atom is 0.231 e. The van der Waals surface area contributed by atoms with Crippen LogP contribution in [0.2, 0.25) is 10.0 Å². The van der Waals surface area contributed by atoms with E-state index in [1.165, 1.54) is 11.8 Å². The number of hydrogen-bond acceptors (Lipinski definition) is 7. The lowest BCUT2D eigenvalue weighted by Crippen LogP contribution is -2.08. The van der Waals surface area contributed by atoms with Crippen molar-refractivity contribution in [1.29, 1.82) is 0 Å². The molecule has 1 aliphatic rings. The SMILES string of the molecule is O=C(CSc1nnc(COc2ccc3c(c2)OCO3)n1-c1ccccc1)c1ccc(Cl)cc1Cl. The van der Waals surface area contributed by atoms with Crippen LogP contribution in [0.15, 0.2) is 71.9 Å². The molecular weight excluding hydrogens is 497 g/mol. The Balaban J connectivity index is 1.36. The summed E-state index contributed by atoms with van der Waals surface area (Å²) in [5.41, 5.74) is 1.27.